The highest BCUT2D eigenvalue weighted by Gasteiger charge is 2.30. The van der Waals surface area contributed by atoms with Crippen molar-refractivity contribution in [2.75, 3.05) is 25.5 Å². The van der Waals surface area contributed by atoms with Crippen molar-refractivity contribution in [3.05, 3.63) is 28.8 Å². The van der Waals surface area contributed by atoms with Crippen molar-refractivity contribution in [1.29, 1.82) is 0 Å². The second-order valence-electron chi connectivity index (χ2n) is 4.89. The van der Waals surface area contributed by atoms with Gasteiger partial charge in [0.05, 0.1) is 23.6 Å². The maximum atomic E-state index is 12.1. The van der Waals surface area contributed by atoms with Crippen LogP contribution in [0.3, 0.4) is 0 Å². The van der Waals surface area contributed by atoms with E-state index in [1.54, 1.807) is 0 Å². The summed E-state index contributed by atoms with van der Waals surface area (Å²) in [4.78, 5) is 35.8. The summed E-state index contributed by atoms with van der Waals surface area (Å²) in [5.41, 5.74) is 0.621. The van der Waals surface area contributed by atoms with E-state index in [9.17, 15) is 14.4 Å². The number of hydrogen-bond donors (Lipinski definition) is 2. The molecule has 8 heteroatoms. The molecule has 1 aliphatic rings. The zero-order valence-electron chi connectivity index (χ0n) is 11.8. The van der Waals surface area contributed by atoms with Crippen molar-refractivity contribution in [2.24, 2.45) is 5.92 Å². The monoisotopic (exact) mass is 326 g/mol. The Labute approximate surface area is 131 Å². The lowest BCUT2D eigenvalue weighted by molar-refractivity contribution is -0.141. The van der Waals surface area contributed by atoms with Crippen LogP contribution in [0.15, 0.2) is 18.2 Å². The largest absolute Gasteiger partial charge is 0.481 e. The molecule has 0 radical (unpaired) electrons. The molecule has 1 heterocycles. The third-order valence-corrected chi connectivity index (χ3v) is 3.76. The minimum Gasteiger partial charge on any atom is -0.481 e. The van der Waals surface area contributed by atoms with Crippen LogP contribution in [-0.2, 0) is 9.53 Å². The predicted octanol–water partition coefficient (Wildman–Crippen LogP) is 2.06. The quantitative estimate of drug-likeness (QED) is 0.829. The third kappa shape index (κ3) is 3.48. The van der Waals surface area contributed by atoms with Crippen LogP contribution in [0, 0.1) is 5.92 Å². The molecule has 1 saturated heterocycles. The number of carboxylic acid groups (broad SMARTS) is 1. The van der Waals surface area contributed by atoms with Gasteiger partial charge in [-0.25, -0.2) is 9.59 Å². The molecule has 0 spiro atoms. The van der Waals surface area contributed by atoms with Gasteiger partial charge in [-0.2, -0.15) is 0 Å². The van der Waals surface area contributed by atoms with Crippen LogP contribution in [0.2, 0.25) is 5.02 Å². The van der Waals surface area contributed by atoms with Gasteiger partial charge in [-0.3, -0.25) is 4.79 Å². The van der Waals surface area contributed by atoms with Gasteiger partial charge in [0.25, 0.3) is 0 Å². The van der Waals surface area contributed by atoms with Crippen molar-refractivity contribution in [1.82, 2.24) is 4.90 Å². The smallest absolute Gasteiger partial charge is 0.339 e. The molecule has 118 valence electrons. The van der Waals surface area contributed by atoms with Crippen LogP contribution in [0.1, 0.15) is 16.8 Å². The molecule has 1 atom stereocenters. The number of aliphatic carboxylic acids is 1. The molecular weight excluding hydrogens is 312 g/mol. The van der Waals surface area contributed by atoms with Crippen molar-refractivity contribution >= 4 is 35.3 Å². The number of rotatable bonds is 3. The topological polar surface area (TPSA) is 95.9 Å². The van der Waals surface area contributed by atoms with Crippen LogP contribution in [0.25, 0.3) is 0 Å². The normalized spacial score (nSPS) is 17.2. The number of carbonyl (C=O) groups excluding carboxylic acids is 2. The average Bonchev–Trinajstić information content (AvgIpc) is 2.97. The summed E-state index contributed by atoms with van der Waals surface area (Å²) in [5.74, 6) is -2.00. The van der Waals surface area contributed by atoms with E-state index in [2.05, 4.69) is 10.1 Å². The van der Waals surface area contributed by atoms with Crippen LogP contribution in [0.4, 0.5) is 10.5 Å². The number of nitrogens with zero attached hydrogens (tertiary/aromatic N) is 1. The number of methoxy groups -OCH3 is 1. The van der Waals surface area contributed by atoms with Gasteiger partial charge >= 0.3 is 18.0 Å². The molecule has 7 nitrogen and oxygen atoms in total. The number of benzene rings is 1. The maximum Gasteiger partial charge on any atom is 0.339 e. The summed E-state index contributed by atoms with van der Waals surface area (Å²) in [7, 11) is 1.25. The van der Waals surface area contributed by atoms with Gasteiger partial charge < -0.3 is 20.1 Å². The first-order chi connectivity index (χ1) is 10.4. The summed E-state index contributed by atoms with van der Waals surface area (Å²) >= 11 is 5.97. The Morgan fingerprint density at radius 2 is 2.14 bits per heavy atom. The minimum atomic E-state index is -0.902. The number of esters is 1. The summed E-state index contributed by atoms with van der Waals surface area (Å²) in [6.07, 6.45) is 0.435. The van der Waals surface area contributed by atoms with E-state index in [1.807, 2.05) is 0 Å². The van der Waals surface area contributed by atoms with Gasteiger partial charge in [0.15, 0.2) is 0 Å². The van der Waals surface area contributed by atoms with E-state index in [0.29, 0.717) is 18.7 Å². The number of carboxylic acids is 1. The molecule has 2 rings (SSSR count). The van der Waals surface area contributed by atoms with E-state index in [-0.39, 0.29) is 17.1 Å². The van der Waals surface area contributed by atoms with Crippen LogP contribution in [-0.4, -0.2) is 48.2 Å². The molecule has 1 aromatic rings. The highest BCUT2D eigenvalue weighted by atomic mass is 35.5. The number of halogens is 1. The molecule has 22 heavy (non-hydrogen) atoms. The molecule has 1 aliphatic heterocycles. The van der Waals surface area contributed by atoms with Gasteiger partial charge in [-0.1, -0.05) is 11.6 Å². The van der Waals surface area contributed by atoms with Crippen molar-refractivity contribution in [2.45, 2.75) is 6.42 Å². The van der Waals surface area contributed by atoms with E-state index in [4.69, 9.17) is 16.7 Å². The standard InChI is InChI=1S/C14H15ClN2O5/c1-22-13(20)10-3-2-9(6-11(10)15)16-14(21)17-5-4-8(7-17)12(18)19/h2-3,6,8H,4-5,7H2,1H3,(H,16,21)(H,18,19). The van der Waals surface area contributed by atoms with E-state index in [0.717, 1.165) is 0 Å². The minimum absolute atomic E-state index is 0.162. The summed E-state index contributed by atoms with van der Waals surface area (Å²) in [6, 6.07) is 4.02. The Morgan fingerprint density at radius 1 is 1.41 bits per heavy atom. The molecule has 2 amide bonds. The van der Waals surface area contributed by atoms with Crippen LogP contribution < -0.4 is 5.32 Å². The lowest BCUT2D eigenvalue weighted by Gasteiger charge is -2.17. The Morgan fingerprint density at radius 3 is 2.68 bits per heavy atom. The first-order valence-corrected chi connectivity index (χ1v) is 6.96. The number of carbonyl (C=O) groups is 3. The summed E-state index contributed by atoms with van der Waals surface area (Å²) in [6.45, 7) is 0.561. The maximum absolute atomic E-state index is 12.1. The summed E-state index contributed by atoms with van der Waals surface area (Å²) in [5, 5.41) is 11.7. The fourth-order valence-corrected chi connectivity index (χ4v) is 2.47. The average molecular weight is 327 g/mol. The number of urea groups is 1. The highest BCUT2D eigenvalue weighted by Crippen LogP contribution is 2.23. The van der Waals surface area contributed by atoms with Gasteiger partial charge in [0, 0.05) is 18.8 Å². The second kappa shape index (κ2) is 6.65. The zero-order chi connectivity index (χ0) is 16.3. The van der Waals surface area contributed by atoms with Crippen LogP contribution in [0.5, 0.6) is 0 Å². The molecule has 2 N–H and O–H groups in total. The highest BCUT2D eigenvalue weighted by molar-refractivity contribution is 6.33. The van der Waals surface area contributed by atoms with E-state index >= 15 is 0 Å². The molecule has 0 aromatic heterocycles. The molecule has 1 fully saturated rings. The number of likely N-dealkylation sites (tertiary alicyclic amines) is 1. The first-order valence-electron chi connectivity index (χ1n) is 6.59. The Hall–Kier alpha value is -2.28. The number of nitrogens with one attached hydrogen (secondary N) is 1. The molecular formula is C14H15ClN2O5. The second-order valence-corrected chi connectivity index (χ2v) is 5.29. The zero-order valence-corrected chi connectivity index (χ0v) is 12.6. The molecule has 0 saturated carbocycles. The van der Waals surface area contributed by atoms with Crippen molar-refractivity contribution in [3.63, 3.8) is 0 Å². The summed E-state index contributed by atoms with van der Waals surface area (Å²) < 4.78 is 4.58. The lowest BCUT2D eigenvalue weighted by atomic mass is 10.1. The van der Waals surface area contributed by atoms with E-state index in [1.165, 1.54) is 30.2 Å². The van der Waals surface area contributed by atoms with Gasteiger partial charge in [-0.05, 0) is 24.6 Å². The number of hydrogen-bond acceptors (Lipinski definition) is 4. The fourth-order valence-electron chi connectivity index (χ4n) is 2.22. The van der Waals surface area contributed by atoms with Gasteiger partial charge in [0.1, 0.15) is 0 Å². The Bertz CT molecular complexity index is 619. The number of anilines is 1. The molecule has 1 unspecified atom stereocenters. The Balaban J connectivity index is 2.02. The fraction of sp³-hybridized carbons (Fsp3) is 0.357. The predicted molar refractivity (Wildman–Crippen MR) is 79.1 cm³/mol. The molecule has 0 bridgehead atoms. The SMILES string of the molecule is COC(=O)c1ccc(NC(=O)N2CCC(C(=O)O)C2)cc1Cl. The molecule has 0 aliphatic carbocycles. The number of amides is 2. The number of ether oxygens (including phenoxy) is 1. The van der Waals surface area contributed by atoms with Crippen LogP contribution >= 0.6 is 11.6 Å². The van der Waals surface area contributed by atoms with Gasteiger partial charge in [-0.15, -0.1) is 0 Å². The van der Waals surface area contributed by atoms with Crippen molar-refractivity contribution < 1.29 is 24.2 Å². The van der Waals surface area contributed by atoms with Crippen molar-refractivity contribution in [3.8, 4) is 0 Å². The molecule has 1 aromatic carbocycles. The van der Waals surface area contributed by atoms with Gasteiger partial charge in [0.2, 0.25) is 0 Å². The first kappa shape index (κ1) is 16.1. The Kier molecular flexibility index (Phi) is 4.87. The third-order valence-electron chi connectivity index (χ3n) is 3.45. The van der Waals surface area contributed by atoms with E-state index < -0.39 is 23.9 Å². The lowest BCUT2D eigenvalue weighted by Crippen LogP contribution is -2.33.